The normalized spacial score (nSPS) is 14.9. The van der Waals surface area contributed by atoms with Gasteiger partial charge in [-0.05, 0) is 56.0 Å². The highest BCUT2D eigenvalue weighted by Gasteiger charge is 2.40. The van der Waals surface area contributed by atoms with Gasteiger partial charge in [-0.1, -0.05) is 50.8 Å². The lowest BCUT2D eigenvalue weighted by atomic mass is 9.80. The van der Waals surface area contributed by atoms with E-state index in [9.17, 15) is 18.8 Å². The van der Waals surface area contributed by atoms with Crippen LogP contribution in [0.1, 0.15) is 78.1 Å². The predicted octanol–water partition coefficient (Wildman–Crippen LogP) is 4.74. The van der Waals surface area contributed by atoms with E-state index >= 15 is 0 Å². The molecule has 0 unspecified atom stereocenters. The second-order valence-corrected chi connectivity index (χ2v) is 8.67. The Balaban J connectivity index is 1.78. The molecule has 0 saturated heterocycles. The third-order valence-electron chi connectivity index (χ3n) is 6.18. The molecule has 0 radical (unpaired) electrons. The number of amides is 3. The SMILES string of the molecule is CCCCNC(=O)C1(NC(=O)c2ccc(C)c(NC(=O)c3ccccc3F)c2)CCCCC1. The monoisotopic (exact) mass is 453 g/mol. The minimum atomic E-state index is -0.926. The lowest BCUT2D eigenvalue weighted by Crippen LogP contribution is -2.59. The first-order valence-corrected chi connectivity index (χ1v) is 11.6. The van der Waals surface area contributed by atoms with Crippen LogP contribution in [0.5, 0.6) is 0 Å². The third kappa shape index (κ3) is 5.97. The van der Waals surface area contributed by atoms with Crippen LogP contribution in [0.4, 0.5) is 10.1 Å². The number of aryl methyl sites for hydroxylation is 1. The van der Waals surface area contributed by atoms with Crippen LogP contribution in [-0.4, -0.2) is 29.8 Å². The quantitative estimate of drug-likeness (QED) is 0.505. The van der Waals surface area contributed by atoms with Crippen molar-refractivity contribution in [3.05, 3.63) is 65.0 Å². The van der Waals surface area contributed by atoms with Gasteiger partial charge < -0.3 is 16.0 Å². The van der Waals surface area contributed by atoms with E-state index in [-0.39, 0.29) is 17.4 Å². The van der Waals surface area contributed by atoms with Gasteiger partial charge in [0.25, 0.3) is 11.8 Å². The summed E-state index contributed by atoms with van der Waals surface area (Å²) in [6.45, 7) is 4.44. The zero-order valence-corrected chi connectivity index (χ0v) is 19.3. The molecule has 0 aliphatic heterocycles. The molecule has 6 nitrogen and oxygen atoms in total. The maximum Gasteiger partial charge on any atom is 0.258 e. The van der Waals surface area contributed by atoms with Gasteiger partial charge in [0, 0.05) is 17.8 Å². The fourth-order valence-electron chi connectivity index (χ4n) is 4.13. The molecule has 0 atom stereocenters. The number of benzene rings is 2. The first-order chi connectivity index (χ1) is 15.9. The van der Waals surface area contributed by atoms with Gasteiger partial charge in [-0.15, -0.1) is 0 Å². The fraction of sp³-hybridized carbons (Fsp3) is 0.423. The minimum absolute atomic E-state index is 0.0725. The Morgan fingerprint density at radius 2 is 1.73 bits per heavy atom. The zero-order chi connectivity index (χ0) is 23.8. The highest BCUT2D eigenvalue weighted by Crippen LogP contribution is 2.29. The van der Waals surface area contributed by atoms with E-state index in [1.54, 1.807) is 31.2 Å². The molecule has 0 heterocycles. The average molecular weight is 454 g/mol. The van der Waals surface area contributed by atoms with Crippen LogP contribution in [-0.2, 0) is 4.79 Å². The Morgan fingerprint density at radius 1 is 1.00 bits per heavy atom. The molecule has 3 rings (SSSR count). The molecule has 1 saturated carbocycles. The number of nitrogens with one attached hydrogen (secondary N) is 3. The largest absolute Gasteiger partial charge is 0.354 e. The lowest BCUT2D eigenvalue weighted by Gasteiger charge is -2.36. The molecule has 3 N–H and O–H groups in total. The molecular weight excluding hydrogens is 421 g/mol. The highest BCUT2D eigenvalue weighted by atomic mass is 19.1. The third-order valence-corrected chi connectivity index (χ3v) is 6.18. The van der Waals surface area contributed by atoms with Crippen molar-refractivity contribution in [1.29, 1.82) is 0 Å². The molecule has 0 bridgehead atoms. The van der Waals surface area contributed by atoms with E-state index in [4.69, 9.17) is 0 Å². The second kappa shape index (κ2) is 11.1. The summed E-state index contributed by atoms with van der Waals surface area (Å²) in [5.74, 6) is -1.71. The number of unbranched alkanes of at least 4 members (excludes halogenated alkanes) is 1. The Morgan fingerprint density at radius 3 is 2.42 bits per heavy atom. The van der Waals surface area contributed by atoms with Crippen LogP contribution in [0.15, 0.2) is 42.5 Å². The van der Waals surface area contributed by atoms with Gasteiger partial charge in [-0.3, -0.25) is 14.4 Å². The molecule has 7 heteroatoms. The van der Waals surface area contributed by atoms with Gasteiger partial charge in [0.2, 0.25) is 5.91 Å². The standard InChI is InChI=1S/C26H32FN3O3/c1-3-4-16-28-25(33)26(14-8-5-9-15-26)30-23(31)19-13-12-18(2)22(17-19)29-24(32)20-10-6-7-11-21(20)27/h6-7,10-13,17H,3-5,8-9,14-16H2,1-2H3,(H,28,33)(H,29,32)(H,30,31). The predicted molar refractivity (Wildman–Crippen MR) is 127 cm³/mol. The second-order valence-electron chi connectivity index (χ2n) is 8.67. The average Bonchev–Trinajstić information content (AvgIpc) is 2.81. The van der Waals surface area contributed by atoms with Gasteiger partial charge in [-0.25, -0.2) is 4.39 Å². The van der Waals surface area contributed by atoms with Crippen molar-refractivity contribution in [2.24, 2.45) is 0 Å². The molecule has 1 aliphatic carbocycles. The molecule has 3 amide bonds. The molecule has 1 aliphatic rings. The van der Waals surface area contributed by atoms with E-state index < -0.39 is 17.3 Å². The molecule has 2 aromatic carbocycles. The fourth-order valence-corrected chi connectivity index (χ4v) is 4.13. The maximum absolute atomic E-state index is 14.0. The topological polar surface area (TPSA) is 87.3 Å². The van der Waals surface area contributed by atoms with Gasteiger partial charge in [0.05, 0.1) is 5.56 Å². The number of hydrogen-bond donors (Lipinski definition) is 3. The Kier molecular flexibility index (Phi) is 8.20. The summed E-state index contributed by atoms with van der Waals surface area (Å²) in [6, 6.07) is 10.7. The van der Waals surface area contributed by atoms with Crippen molar-refractivity contribution in [2.75, 3.05) is 11.9 Å². The van der Waals surface area contributed by atoms with Crippen LogP contribution in [0.25, 0.3) is 0 Å². The first-order valence-electron chi connectivity index (χ1n) is 11.6. The first kappa shape index (κ1) is 24.4. The summed E-state index contributed by atoms with van der Waals surface area (Å²) in [6.07, 6.45) is 5.84. The van der Waals surface area contributed by atoms with Crippen molar-refractivity contribution in [2.45, 2.75) is 64.3 Å². The highest BCUT2D eigenvalue weighted by molar-refractivity contribution is 6.06. The number of rotatable bonds is 8. The van der Waals surface area contributed by atoms with Crippen molar-refractivity contribution in [3.63, 3.8) is 0 Å². The van der Waals surface area contributed by atoms with E-state index in [1.807, 2.05) is 0 Å². The summed E-state index contributed by atoms with van der Waals surface area (Å²) in [5, 5.41) is 8.66. The Labute approximate surface area is 194 Å². The van der Waals surface area contributed by atoms with E-state index in [2.05, 4.69) is 22.9 Å². The molecule has 176 valence electrons. The lowest BCUT2D eigenvalue weighted by molar-refractivity contribution is -0.128. The summed E-state index contributed by atoms with van der Waals surface area (Å²) in [5.41, 5.74) is 0.485. The van der Waals surface area contributed by atoms with Gasteiger partial charge in [0.15, 0.2) is 0 Å². The van der Waals surface area contributed by atoms with Gasteiger partial charge in [-0.2, -0.15) is 0 Å². The van der Waals surface area contributed by atoms with Gasteiger partial charge >= 0.3 is 0 Å². The summed E-state index contributed by atoms with van der Waals surface area (Å²) in [7, 11) is 0. The molecule has 33 heavy (non-hydrogen) atoms. The number of hydrogen-bond acceptors (Lipinski definition) is 3. The van der Waals surface area contributed by atoms with Gasteiger partial charge in [0.1, 0.15) is 11.4 Å². The molecular formula is C26H32FN3O3. The smallest absolute Gasteiger partial charge is 0.258 e. The molecule has 1 fully saturated rings. The Bertz CT molecular complexity index is 1020. The van der Waals surface area contributed by atoms with Crippen molar-refractivity contribution in [3.8, 4) is 0 Å². The van der Waals surface area contributed by atoms with Crippen LogP contribution in [0, 0.1) is 12.7 Å². The number of anilines is 1. The van der Waals surface area contributed by atoms with Crippen molar-refractivity contribution < 1.29 is 18.8 Å². The van der Waals surface area contributed by atoms with Crippen LogP contribution in [0.3, 0.4) is 0 Å². The van der Waals surface area contributed by atoms with Crippen molar-refractivity contribution in [1.82, 2.24) is 10.6 Å². The number of carbonyl (C=O) groups excluding carboxylic acids is 3. The van der Waals surface area contributed by atoms with E-state index in [1.165, 1.54) is 18.2 Å². The van der Waals surface area contributed by atoms with E-state index in [0.29, 0.717) is 30.6 Å². The summed E-state index contributed by atoms with van der Waals surface area (Å²) < 4.78 is 14.0. The number of halogens is 1. The number of carbonyl (C=O) groups is 3. The molecule has 0 spiro atoms. The Hall–Kier alpha value is -3.22. The van der Waals surface area contributed by atoms with Crippen LogP contribution >= 0.6 is 0 Å². The molecule has 2 aromatic rings. The molecule has 0 aromatic heterocycles. The maximum atomic E-state index is 14.0. The zero-order valence-electron chi connectivity index (χ0n) is 19.3. The minimum Gasteiger partial charge on any atom is -0.354 e. The van der Waals surface area contributed by atoms with Crippen LogP contribution < -0.4 is 16.0 Å². The summed E-state index contributed by atoms with van der Waals surface area (Å²) >= 11 is 0. The van der Waals surface area contributed by atoms with Crippen molar-refractivity contribution >= 4 is 23.4 Å². The van der Waals surface area contributed by atoms with E-state index in [0.717, 1.165) is 37.7 Å². The van der Waals surface area contributed by atoms with Crippen LogP contribution in [0.2, 0.25) is 0 Å². The summed E-state index contributed by atoms with van der Waals surface area (Å²) in [4.78, 5) is 38.7.